The molecule has 0 heterocycles. The van der Waals surface area contributed by atoms with Crippen LogP contribution in [0.5, 0.6) is 5.75 Å². The number of halogens is 3. The summed E-state index contributed by atoms with van der Waals surface area (Å²) in [5.41, 5.74) is 0.360. The average Bonchev–Trinajstić information content (AvgIpc) is 2.47. The Balaban J connectivity index is 2.03. The van der Waals surface area contributed by atoms with E-state index in [-0.39, 0.29) is 18.7 Å². The quantitative estimate of drug-likeness (QED) is 0.914. The minimum atomic E-state index is -4.19. The Morgan fingerprint density at radius 3 is 2.73 bits per heavy atom. The van der Waals surface area contributed by atoms with Crippen LogP contribution in [0, 0.1) is 5.92 Å². The average molecular weight is 315 g/mol. The Kier molecular flexibility index (Phi) is 5.32. The molecule has 1 saturated carbocycles. The molecule has 3 nitrogen and oxygen atoms in total. The minimum Gasteiger partial charge on any atom is -0.493 e. The van der Waals surface area contributed by atoms with Gasteiger partial charge in [-0.25, -0.2) is 0 Å². The summed E-state index contributed by atoms with van der Waals surface area (Å²) in [6, 6.07) is 6.31. The van der Waals surface area contributed by atoms with Crippen LogP contribution < -0.4 is 10.1 Å². The van der Waals surface area contributed by atoms with Crippen molar-refractivity contribution in [2.24, 2.45) is 5.92 Å². The van der Waals surface area contributed by atoms with Crippen LogP contribution in [-0.2, 0) is 0 Å². The van der Waals surface area contributed by atoms with Crippen molar-refractivity contribution < 1.29 is 22.7 Å². The van der Waals surface area contributed by atoms with Gasteiger partial charge < -0.3 is 10.1 Å². The lowest BCUT2D eigenvalue weighted by atomic mass is 9.85. The van der Waals surface area contributed by atoms with Crippen LogP contribution in [0.4, 0.5) is 13.2 Å². The zero-order valence-electron chi connectivity index (χ0n) is 12.5. The molecule has 1 fully saturated rings. The highest BCUT2D eigenvalue weighted by Gasteiger charge is 2.42. The van der Waals surface area contributed by atoms with E-state index in [0.717, 1.165) is 0 Å². The van der Waals surface area contributed by atoms with E-state index in [4.69, 9.17) is 4.74 Å². The van der Waals surface area contributed by atoms with E-state index in [1.165, 1.54) is 0 Å². The highest BCUT2D eigenvalue weighted by Crippen LogP contribution is 2.37. The third-order valence-electron chi connectivity index (χ3n) is 3.90. The second kappa shape index (κ2) is 7.03. The molecule has 1 aliphatic carbocycles. The van der Waals surface area contributed by atoms with Gasteiger partial charge in [0.25, 0.3) is 5.91 Å². The molecule has 122 valence electrons. The molecular weight excluding hydrogens is 295 g/mol. The van der Waals surface area contributed by atoms with Crippen molar-refractivity contribution in [1.29, 1.82) is 0 Å². The van der Waals surface area contributed by atoms with Crippen molar-refractivity contribution in [3.05, 3.63) is 29.8 Å². The SMILES string of the molecule is CCOc1ccccc1C(=O)N[C@@H]1CCC[C@H](C(F)(F)F)C1. The van der Waals surface area contributed by atoms with E-state index >= 15 is 0 Å². The number of hydrogen-bond donors (Lipinski definition) is 1. The van der Waals surface area contributed by atoms with Crippen LogP contribution in [0.25, 0.3) is 0 Å². The summed E-state index contributed by atoms with van der Waals surface area (Å²) in [4.78, 5) is 12.3. The number of alkyl halides is 3. The molecule has 1 amide bonds. The van der Waals surface area contributed by atoms with Crippen LogP contribution in [0.2, 0.25) is 0 Å². The Bertz CT molecular complexity index is 516. The number of hydrogen-bond acceptors (Lipinski definition) is 2. The summed E-state index contributed by atoms with van der Waals surface area (Å²) >= 11 is 0. The summed E-state index contributed by atoms with van der Waals surface area (Å²) in [6.07, 6.45) is -3.04. The first kappa shape index (κ1) is 16.6. The van der Waals surface area contributed by atoms with E-state index in [1.807, 2.05) is 6.92 Å². The summed E-state index contributed by atoms with van der Waals surface area (Å²) in [5, 5.41) is 2.72. The van der Waals surface area contributed by atoms with Crippen LogP contribution >= 0.6 is 0 Å². The molecule has 2 atom stereocenters. The number of ether oxygens (including phenoxy) is 1. The maximum atomic E-state index is 12.8. The van der Waals surface area contributed by atoms with E-state index in [1.54, 1.807) is 24.3 Å². The highest BCUT2D eigenvalue weighted by atomic mass is 19.4. The highest BCUT2D eigenvalue weighted by molar-refractivity contribution is 5.97. The Morgan fingerprint density at radius 1 is 1.32 bits per heavy atom. The van der Waals surface area contributed by atoms with Crippen molar-refractivity contribution in [3.63, 3.8) is 0 Å². The van der Waals surface area contributed by atoms with Crippen molar-refractivity contribution >= 4 is 5.91 Å². The number of para-hydroxylation sites is 1. The molecule has 22 heavy (non-hydrogen) atoms. The van der Waals surface area contributed by atoms with Gasteiger partial charge in [-0.05, 0) is 38.3 Å². The van der Waals surface area contributed by atoms with Gasteiger partial charge >= 0.3 is 6.18 Å². The van der Waals surface area contributed by atoms with E-state index in [9.17, 15) is 18.0 Å². The first-order valence-corrected chi connectivity index (χ1v) is 7.51. The van der Waals surface area contributed by atoms with Crippen molar-refractivity contribution in [2.45, 2.75) is 44.8 Å². The van der Waals surface area contributed by atoms with Crippen LogP contribution in [0.15, 0.2) is 24.3 Å². The van der Waals surface area contributed by atoms with Crippen LogP contribution in [0.3, 0.4) is 0 Å². The summed E-state index contributed by atoms with van der Waals surface area (Å²) in [6.45, 7) is 2.23. The molecule has 0 aromatic heterocycles. The fourth-order valence-electron chi connectivity index (χ4n) is 2.82. The van der Waals surface area contributed by atoms with Gasteiger partial charge in [-0.3, -0.25) is 4.79 Å². The largest absolute Gasteiger partial charge is 0.493 e. The molecule has 6 heteroatoms. The molecule has 0 radical (unpaired) electrons. The maximum Gasteiger partial charge on any atom is 0.391 e. The first-order chi connectivity index (χ1) is 10.4. The second-order valence-corrected chi connectivity index (χ2v) is 5.50. The Labute approximate surface area is 127 Å². The molecule has 0 aliphatic heterocycles. The molecule has 1 aromatic carbocycles. The predicted octanol–water partition coefficient (Wildman–Crippen LogP) is 3.94. The number of benzene rings is 1. The first-order valence-electron chi connectivity index (χ1n) is 7.51. The summed E-state index contributed by atoms with van der Waals surface area (Å²) in [7, 11) is 0. The van der Waals surface area contributed by atoms with Gasteiger partial charge in [0.2, 0.25) is 0 Å². The van der Waals surface area contributed by atoms with Crippen molar-refractivity contribution in [2.75, 3.05) is 6.61 Å². The predicted molar refractivity (Wildman–Crippen MR) is 76.9 cm³/mol. The fourth-order valence-corrected chi connectivity index (χ4v) is 2.82. The number of amides is 1. The van der Waals surface area contributed by atoms with Crippen LogP contribution in [0.1, 0.15) is 43.0 Å². The van der Waals surface area contributed by atoms with Crippen molar-refractivity contribution in [1.82, 2.24) is 5.32 Å². The number of carbonyl (C=O) groups excluding carboxylic acids is 1. The Hall–Kier alpha value is -1.72. The molecule has 1 aromatic rings. The van der Waals surface area contributed by atoms with E-state index in [2.05, 4.69) is 5.32 Å². The van der Waals surface area contributed by atoms with Gasteiger partial charge in [0, 0.05) is 6.04 Å². The molecule has 0 bridgehead atoms. The zero-order chi connectivity index (χ0) is 16.2. The monoisotopic (exact) mass is 315 g/mol. The molecule has 0 spiro atoms. The van der Waals surface area contributed by atoms with Crippen LogP contribution in [-0.4, -0.2) is 24.7 Å². The van der Waals surface area contributed by atoms with Gasteiger partial charge in [-0.2, -0.15) is 13.2 Å². The lowest BCUT2D eigenvalue weighted by Gasteiger charge is -2.31. The van der Waals surface area contributed by atoms with Crippen molar-refractivity contribution in [3.8, 4) is 5.75 Å². The third kappa shape index (κ3) is 4.15. The van der Waals surface area contributed by atoms with E-state index < -0.39 is 18.1 Å². The molecule has 0 saturated heterocycles. The lowest BCUT2D eigenvalue weighted by Crippen LogP contribution is -2.41. The fraction of sp³-hybridized carbons (Fsp3) is 0.562. The lowest BCUT2D eigenvalue weighted by molar-refractivity contribution is -0.183. The Morgan fingerprint density at radius 2 is 2.05 bits per heavy atom. The van der Waals surface area contributed by atoms with Gasteiger partial charge in [0.05, 0.1) is 18.1 Å². The molecular formula is C16H20F3NO2. The van der Waals surface area contributed by atoms with Gasteiger partial charge in [-0.15, -0.1) is 0 Å². The van der Waals surface area contributed by atoms with E-state index in [0.29, 0.717) is 30.8 Å². The maximum absolute atomic E-state index is 12.8. The topological polar surface area (TPSA) is 38.3 Å². The number of nitrogens with one attached hydrogen (secondary N) is 1. The standard InChI is InChI=1S/C16H20F3NO2/c1-2-22-14-9-4-3-8-13(14)15(21)20-12-7-5-6-11(10-12)16(17,18)19/h3-4,8-9,11-12H,2,5-7,10H2,1H3,(H,20,21)/t11-,12+/m0/s1. The van der Waals surface area contributed by atoms with Gasteiger partial charge in [0.15, 0.2) is 0 Å². The number of rotatable bonds is 4. The number of carbonyl (C=O) groups is 1. The summed E-state index contributed by atoms with van der Waals surface area (Å²) < 4.78 is 43.8. The molecule has 0 unspecified atom stereocenters. The van der Waals surface area contributed by atoms with Gasteiger partial charge in [-0.1, -0.05) is 18.6 Å². The minimum absolute atomic E-state index is 0.0496. The smallest absolute Gasteiger partial charge is 0.391 e. The molecule has 2 rings (SSSR count). The van der Waals surface area contributed by atoms with Gasteiger partial charge in [0.1, 0.15) is 5.75 Å². The second-order valence-electron chi connectivity index (χ2n) is 5.50. The molecule has 1 N–H and O–H groups in total. The normalized spacial score (nSPS) is 22.2. The third-order valence-corrected chi connectivity index (χ3v) is 3.90. The summed E-state index contributed by atoms with van der Waals surface area (Å²) in [5.74, 6) is -1.25. The zero-order valence-corrected chi connectivity index (χ0v) is 12.5. The molecule has 1 aliphatic rings.